The molecule has 3 aromatic carbocycles. The van der Waals surface area contributed by atoms with Gasteiger partial charge < -0.3 is 19.7 Å². The van der Waals surface area contributed by atoms with Crippen LogP contribution in [0.4, 0.5) is 10.1 Å². The van der Waals surface area contributed by atoms with Crippen molar-refractivity contribution in [3.63, 3.8) is 0 Å². The molecule has 12 heteroatoms. The van der Waals surface area contributed by atoms with E-state index >= 15 is 0 Å². The fourth-order valence-corrected chi connectivity index (χ4v) is 6.96. The van der Waals surface area contributed by atoms with E-state index in [1.165, 1.54) is 49.5 Å². The number of hydrogen-bond donors (Lipinski definition) is 1. The van der Waals surface area contributed by atoms with Crippen molar-refractivity contribution >= 4 is 39.1 Å². The summed E-state index contributed by atoms with van der Waals surface area (Å²) in [7, 11) is -1.60. The fourth-order valence-electron chi connectivity index (χ4n) is 5.34. The highest BCUT2D eigenvalue weighted by molar-refractivity contribution is 7.92. The minimum absolute atomic E-state index is 0.0231. The summed E-state index contributed by atoms with van der Waals surface area (Å²) in [6, 6.07) is 15.0. The third kappa shape index (κ3) is 7.62. The molecule has 1 fully saturated rings. The molecule has 3 aromatic rings. The van der Waals surface area contributed by atoms with Crippen LogP contribution in [0, 0.1) is 5.82 Å². The molecule has 2 amide bonds. The summed E-state index contributed by atoms with van der Waals surface area (Å²) in [5, 5.41) is 3.48. The lowest BCUT2D eigenvalue weighted by molar-refractivity contribution is -0.140. The van der Waals surface area contributed by atoms with Crippen LogP contribution in [0.3, 0.4) is 0 Å². The summed E-state index contributed by atoms with van der Waals surface area (Å²) < 4.78 is 53.6. The molecule has 0 radical (unpaired) electrons. The van der Waals surface area contributed by atoms with Crippen LogP contribution in [0.15, 0.2) is 71.6 Å². The van der Waals surface area contributed by atoms with Crippen molar-refractivity contribution in [2.45, 2.75) is 62.6 Å². The number of carbonyl (C=O) groups is 2. The van der Waals surface area contributed by atoms with E-state index in [0.717, 1.165) is 42.1 Å². The van der Waals surface area contributed by atoms with Gasteiger partial charge in [-0.3, -0.25) is 13.9 Å². The highest BCUT2D eigenvalue weighted by Gasteiger charge is 2.35. The van der Waals surface area contributed by atoms with E-state index in [2.05, 4.69) is 5.32 Å². The van der Waals surface area contributed by atoms with Crippen molar-refractivity contribution in [3.8, 4) is 11.5 Å². The number of sulfonamides is 1. The van der Waals surface area contributed by atoms with Crippen LogP contribution >= 0.6 is 11.6 Å². The first-order valence-electron chi connectivity index (χ1n) is 14.4. The van der Waals surface area contributed by atoms with Gasteiger partial charge in [0, 0.05) is 23.7 Å². The Balaban J connectivity index is 1.75. The lowest BCUT2D eigenvalue weighted by Gasteiger charge is -2.34. The van der Waals surface area contributed by atoms with Gasteiger partial charge in [0.05, 0.1) is 24.8 Å². The summed E-state index contributed by atoms with van der Waals surface area (Å²) in [5.74, 6) is -1.02. The van der Waals surface area contributed by atoms with Gasteiger partial charge >= 0.3 is 0 Å². The van der Waals surface area contributed by atoms with Gasteiger partial charge in [-0.05, 0) is 67.3 Å². The molecule has 236 valence electrons. The Bertz CT molecular complexity index is 1560. The molecule has 0 heterocycles. The molecule has 4 rings (SSSR count). The molecule has 0 bridgehead atoms. The van der Waals surface area contributed by atoms with Crippen LogP contribution in [0.5, 0.6) is 11.5 Å². The van der Waals surface area contributed by atoms with Crippen molar-refractivity contribution in [1.29, 1.82) is 0 Å². The summed E-state index contributed by atoms with van der Waals surface area (Å²) in [6.07, 6.45) is 4.05. The summed E-state index contributed by atoms with van der Waals surface area (Å²) in [5.41, 5.74) is 0.668. The average molecular weight is 646 g/mol. The topological polar surface area (TPSA) is 105 Å². The third-order valence-corrected chi connectivity index (χ3v) is 9.86. The summed E-state index contributed by atoms with van der Waals surface area (Å²) >= 11 is 6.46. The van der Waals surface area contributed by atoms with Crippen molar-refractivity contribution in [1.82, 2.24) is 10.2 Å². The molecule has 1 unspecified atom stereocenters. The smallest absolute Gasteiger partial charge is 0.264 e. The van der Waals surface area contributed by atoms with Gasteiger partial charge in [-0.2, -0.15) is 0 Å². The quantitative estimate of drug-likeness (QED) is 0.261. The van der Waals surface area contributed by atoms with Crippen molar-refractivity contribution in [2.75, 3.05) is 25.1 Å². The van der Waals surface area contributed by atoms with Crippen molar-refractivity contribution < 1.29 is 31.9 Å². The highest BCUT2D eigenvalue weighted by Crippen LogP contribution is 2.33. The minimum Gasteiger partial charge on any atom is -0.493 e. The van der Waals surface area contributed by atoms with E-state index in [9.17, 15) is 22.4 Å². The average Bonchev–Trinajstić information content (AvgIpc) is 3.53. The van der Waals surface area contributed by atoms with E-state index in [4.69, 9.17) is 21.1 Å². The molecule has 44 heavy (non-hydrogen) atoms. The van der Waals surface area contributed by atoms with Crippen LogP contribution in [-0.4, -0.2) is 58.0 Å². The molecule has 1 atom stereocenters. The molecule has 0 aliphatic heterocycles. The van der Waals surface area contributed by atoms with Gasteiger partial charge in [0.1, 0.15) is 18.4 Å². The monoisotopic (exact) mass is 645 g/mol. The Kier molecular flexibility index (Phi) is 11.1. The number of methoxy groups -OCH3 is 2. The van der Waals surface area contributed by atoms with Gasteiger partial charge in [-0.15, -0.1) is 0 Å². The minimum atomic E-state index is -4.40. The van der Waals surface area contributed by atoms with Crippen molar-refractivity contribution in [2.24, 2.45) is 0 Å². The molecule has 9 nitrogen and oxygen atoms in total. The molecule has 1 N–H and O–H groups in total. The number of anilines is 1. The maximum atomic E-state index is 14.2. The molecule has 0 spiro atoms. The number of hydrogen-bond acceptors (Lipinski definition) is 6. The van der Waals surface area contributed by atoms with Crippen LogP contribution in [0.2, 0.25) is 5.02 Å². The largest absolute Gasteiger partial charge is 0.493 e. The summed E-state index contributed by atoms with van der Waals surface area (Å²) in [6.45, 7) is 1.10. The highest BCUT2D eigenvalue weighted by atomic mass is 35.5. The Morgan fingerprint density at radius 1 is 1.00 bits per heavy atom. The Morgan fingerprint density at radius 2 is 1.66 bits per heavy atom. The molecular weight excluding hydrogens is 609 g/mol. The molecule has 1 aliphatic rings. The van der Waals surface area contributed by atoms with Crippen LogP contribution in [0.25, 0.3) is 0 Å². The van der Waals surface area contributed by atoms with Gasteiger partial charge in [0.15, 0.2) is 11.5 Å². The standard InChI is InChI=1S/C32H37ClFN3O6S/c1-4-28(32(39)35-24-10-6-7-11-24)36(20-22-9-5-8-12-27(22)33)31(38)21-37(25-15-13-23(34)14-16-25)44(40,41)26-17-18-29(42-2)30(19-26)43-3/h5,8-9,12-19,24,28H,4,6-7,10-11,20-21H2,1-3H3,(H,35,39). The lowest BCUT2D eigenvalue weighted by Crippen LogP contribution is -2.53. The first-order chi connectivity index (χ1) is 21.1. The molecule has 0 aromatic heterocycles. The number of halogens is 2. The van der Waals surface area contributed by atoms with Gasteiger partial charge in [-0.25, -0.2) is 12.8 Å². The number of benzene rings is 3. The number of amides is 2. The number of nitrogens with one attached hydrogen (secondary N) is 1. The molecule has 0 saturated heterocycles. The van der Waals surface area contributed by atoms with E-state index in [-0.39, 0.29) is 41.2 Å². The number of rotatable bonds is 13. The van der Waals surface area contributed by atoms with Crippen LogP contribution in [0.1, 0.15) is 44.6 Å². The number of carbonyl (C=O) groups excluding carboxylic acids is 2. The zero-order valence-corrected chi connectivity index (χ0v) is 26.5. The van der Waals surface area contributed by atoms with Crippen LogP contribution < -0.4 is 19.1 Å². The van der Waals surface area contributed by atoms with E-state index < -0.39 is 34.3 Å². The van der Waals surface area contributed by atoms with Gasteiger partial charge in [0.2, 0.25) is 11.8 Å². The van der Waals surface area contributed by atoms with E-state index in [0.29, 0.717) is 16.3 Å². The number of ether oxygens (including phenoxy) is 2. The molecular formula is C32H37ClFN3O6S. The third-order valence-electron chi connectivity index (χ3n) is 7.72. The second kappa shape index (κ2) is 14.8. The van der Waals surface area contributed by atoms with E-state index in [1.54, 1.807) is 31.2 Å². The summed E-state index contributed by atoms with van der Waals surface area (Å²) in [4.78, 5) is 29.0. The zero-order valence-electron chi connectivity index (χ0n) is 25.0. The van der Waals surface area contributed by atoms with Crippen LogP contribution in [-0.2, 0) is 26.2 Å². The van der Waals surface area contributed by atoms with Gasteiger partial charge in [0.25, 0.3) is 10.0 Å². The first kappa shape index (κ1) is 33.1. The first-order valence-corrected chi connectivity index (χ1v) is 16.2. The normalized spacial score (nSPS) is 14.1. The second-order valence-electron chi connectivity index (χ2n) is 10.5. The Hall–Kier alpha value is -3.83. The zero-order chi connectivity index (χ0) is 31.9. The fraction of sp³-hybridized carbons (Fsp3) is 0.375. The Labute approximate surface area is 262 Å². The predicted octanol–water partition coefficient (Wildman–Crippen LogP) is 5.56. The van der Waals surface area contributed by atoms with Gasteiger partial charge in [-0.1, -0.05) is 49.6 Å². The maximum absolute atomic E-state index is 14.2. The molecule has 1 aliphatic carbocycles. The van der Waals surface area contributed by atoms with Crippen molar-refractivity contribution in [3.05, 3.63) is 83.1 Å². The predicted molar refractivity (Wildman–Crippen MR) is 167 cm³/mol. The number of nitrogens with zero attached hydrogens (tertiary/aromatic N) is 2. The maximum Gasteiger partial charge on any atom is 0.264 e. The Morgan fingerprint density at radius 3 is 2.27 bits per heavy atom. The van der Waals surface area contributed by atoms with E-state index in [1.807, 2.05) is 0 Å². The molecule has 1 saturated carbocycles. The lowest BCUT2D eigenvalue weighted by atomic mass is 10.1. The SMILES string of the molecule is CCC(C(=O)NC1CCCC1)N(Cc1ccccc1Cl)C(=O)CN(c1ccc(F)cc1)S(=O)(=O)c1ccc(OC)c(OC)c1. The second-order valence-corrected chi connectivity index (χ2v) is 12.8.